The first-order valence-corrected chi connectivity index (χ1v) is 6.19. The van der Waals surface area contributed by atoms with Crippen LogP contribution in [0.15, 0.2) is 39.5 Å². The molecule has 18 heavy (non-hydrogen) atoms. The van der Waals surface area contributed by atoms with Crippen LogP contribution in [0.5, 0.6) is 5.75 Å². The third kappa shape index (κ3) is 4.68. The summed E-state index contributed by atoms with van der Waals surface area (Å²) in [5.41, 5.74) is -0.00407. The van der Waals surface area contributed by atoms with Crippen LogP contribution in [-0.2, 0) is 9.09 Å². The van der Waals surface area contributed by atoms with E-state index in [4.69, 9.17) is 19.3 Å². The van der Waals surface area contributed by atoms with Crippen molar-refractivity contribution in [3.05, 3.63) is 40.8 Å². The zero-order valence-corrected chi connectivity index (χ0v) is 10.2. The number of phosphoric ester groups is 1. The summed E-state index contributed by atoms with van der Waals surface area (Å²) in [7, 11) is -3.20. The summed E-state index contributed by atoms with van der Waals surface area (Å²) in [6.45, 7) is 0. The molecule has 0 aliphatic rings. The van der Waals surface area contributed by atoms with Gasteiger partial charge in [-0.25, -0.2) is 9.36 Å². The van der Waals surface area contributed by atoms with Crippen LogP contribution in [0.25, 0.3) is 11.0 Å². The average molecular weight is 274 g/mol. The van der Waals surface area contributed by atoms with Gasteiger partial charge in [0.25, 0.3) is 0 Å². The molecule has 1 heterocycles. The van der Waals surface area contributed by atoms with Crippen LogP contribution in [0.4, 0.5) is 0 Å². The zero-order chi connectivity index (χ0) is 13.8. The number of aromatic hydroxyl groups is 1. The van der Waals surface area contributed by atoms with E-state index in [1.165, 1.54) is 12.1 Å². The number of phenolic OH excluding ortho intramolecular Hbond substituents is 1. The maximum atomic E-state index is 10.7. The summed E-state index contributed by atoms with van der Waals surface area (Å²) in [5.74, 6) is 0.0943. The topological polar surface area (TPSA) is 117 Å². The minimum absolute atomic E-state index is 0.0943. The van der Waals surface area contributed by atoms with Gasteiger partial charge in [0.1, 0.15) is 11.3 Å². The van der Waals surface area contributed by atoms with Gasteiger partial charge in [-0.1, -0.05) is 0 Å². The molecule has 2 rings (SSSR count). The fourth-order valence-corrected chi connectivity index (χ4v) is 1.05. The number of rotatable bonds is 1. The molecule has 0 unspecified atom stereocenters. The summed E-state index contributed by atoms with van der Waals surface area (Å²) in [4.78, 5) is 26.2. The van der Waals surface area contributed by atoms with Crippen molar-refractivity contribution in [3.63, 3.8) is 0 Å². The number of hydrogen-bond donors (Lipinski definition) is 3. The van der Waals surface area contributed by atoms with E-state index in [2.05, 4.69) is 4.52 Å². The van der Waals surface area contributed by atoms with Crippen molar-refractivity contribution in [1.29, 1.82) is 0 Å². The molecule has 98 valence electrons. The highest BCUT2D eigenvalue weighted by atomic mass is 31.2. The van der Waals surface area contributed by atoms with Gasteiger partial charge >= 0.3 is 13.4 Å². The summed E-state index contributed by atoms with van der Waals surface area (Å²) in [6.07, 6.45) is 0. The fraction of sp³-hybridized carbons (Fsp3) is 0.100. The van der Waals surface area contributed by atoms with Gasteiger partial charge in [0.15, 0.2) is 0 Å². The van der Waals surface area contributed by atoms with Crippen molar-refractivity contribution in [2.75, 3.05) is 7.11 Å². The molecule has 0 radical (unpaired) electrons. The Morgan fingerprint density at radius 2 is 1.78 bits per heavy atom. The Kier molecular flexibility index (Phi) is 4.63. The molecule has 0 spiro atoms. The molecule has 0 saturated carbocycles. The van der Waals surface area contributed by atoms with Crippen LogP contribution in [0.3, 0.4) is 0 Å². The fourth-order valence-electron chi connectivity index (χ4n) is 1.05. The third-order valence-electron chi connectivity index (χ3n) is 1.84. The Labute approximate surface area is 101 Å². The van der Waals surface area contributed by atoms with E-state index in [-0.39, 0.29) is 5.75 Å². The predicted octanol–water partition coefficient (Wildman–Crippen LogP) is 1.22. The molecule has 0 saturated heterocycles. The molecule has 0 aliphatic heterocycles. The maximum Gasteiger partial charge on any atom is 0.469 e. The number of benzene rings is 1. The summed E-state index contributed by atoms with van der Waals surface area (Å²) >= 11 is 0. The van der Waals surface area contributed by atoms with Gasteiger partial charge in [-0.05, 0) is 18.2 Å². The zero-order valence-electron chi connectivity index (χ0n) is 9.31. The lowest BCUT2D eigenvalue weighted by atomic mass is 10.2. The molecule has 1 aromatic heterocycles. The molecule has 3 N–H and O–H groups in total. The molecule has 1 aromatic carbocycles. The van der Waals surface area contributed by atoms with E-state index in [0.29, 0.717) is 5.58 Å². The van der Waals surface area contributed by atoms with Crippen LogP contribution in [-0.4, -0.2) is 22.0 Å². The molecular formula is C10H11O7P. The largest absolute Gasteiger partial charge is 0.508 e. The highest BCUT2D eigenvalue weighted by Gasteiger charge is 2.07. The minimum atomic E-state index is -4.15. The van der Waals surface area contributed by atoms with Crippen LogP contribution in [0, 0.1) is 0 Å². The van der Waals surface area contributed by atoms with Gasteiger partial charge in [0, 0.05) is 24.6 Å². The van der Waals surface area contributed by atoms with Gasteiger partial charge < -0.3 is 19.3 Å². The Morgan fingerprint density at radius 1 is 1.22 bits per heavy atom. The molecule has 0 atom stereocenters. The van der Waals surface area contributed by atoms with Crippen molar-refractivity contribution in [3.8, 4) is 5.75 Å². The van der Waals surface area contributed by atoms with Crippen molar-refractivity contribution < 1.29 is 28.4 Å². The van der Waals surface area contributed by atoms with E-state index < -0.39 is 13.4 Å². The smallest absolute Gasteiger partial charge is 0.469 e. The molecule has 0 bridgehead atoms. The minimum Gasteiger partial charge on any atom is -0.508 e. The summed E-state index contributed by atoms with van der Waals surface area (Å²) in [5, 5.41) is 9.86. The SMILES string of the molecule is COP(=O)(O)O.O=c1ccc2ccc(O)cc2o1. The predicted molar refractivity (Wildman–Crippen MR) is 63.2 cm³/mol. The lowest BCUT2D eigenvalue weighted by molar-refractivity contribution is 0.235. The normalized spacial score (nSPS) is 10.8. The van der Waals surface area contributed by atoms with E-state index in [0.717, 1.165) is 12.5 Å². The van der Waals surface area contributed by atoms with Crippen LogP contribution in [0.2, 0.25) is 0 Å². The van der Waals surface area contributed by atoms with E-state index in [1.54, 1.807) is 18.2 Å². The monoisotopic (exact) mass is 274 g/mol. The van der Waals surface area contributed by atoms with E-state index >= 15 is 0 Å². The van der Waals surface area contributed by atoms with E-state index in [9.17, 15) is 9.36 Å². The molecular weight excluding hydrogens is 263 g/mol. The average Bonchev–Trinajstić information content (AvgIpc) is 2.28. The molecule has 2 aromatic rings. The highest BCUT2D eigenvalue weighted by molar-refractivity contribution is 7.46. The first-order chi connectivity index (χ1) is 8.31. The molecule has 0 amide bonds. The van der Waals surface area contributed by atoms with Crippen LogP contribution < -0.4 is 5.63 Å². The van der Waals surface area contributed by atoms with Crippen molar-refractivity contribution in [1.82, 2.24) is 0 Å². The molecule has 0 fully saturated rings. The second-order valence-corrected chi connectivity index (χ2v) is 4.50. The Bertz CT molecular complexity index is 627. The van der Waals surface area contributed by atoms with Crippen molar-refractivity contribution in [2.24, 2.45) is 0 Å². The lowest BCUT2D eigenvalue weighted by Gasteiger charge is -1.94. The number of hydrogen-bond acceptors (Lipinski definition) is 5. The molecule has 7 nitrogen and oxygen atoms in total. The van der Waals surface area contributed by atoms with Gasteiger partial charge in [0.2, 0.25) is 0 Å². The van der Waals surface area contributed by atoms with Gasteiger partial charge in [-0.2, -0.15) is 0 Å². The first-order valence-electron chi connectivity index (χ1n) is 4.66. The van der Waals surface area contributed by atoms with Gasteiger partial charge in [-0.15, -0.1) is 0 Å². The molecule has 8 heteroatoms. The second-order valence-electron chi connectivity index (χ2n) is 3.15. The van der Waals surface area contributed by atoms with Gasteiger partial charge in [-0.3, -0.25) is 4.52 Å². The quantitative estimate of drug-likeness (QED) is 0.528. The molecule has 0 aliphatic carbocycles. The van der Waals surface area contributed by atoms with E-state index in [1.807, 2.05) is 0 Å². The Morgan fingerprint density at radius 3 is 2.33 bits per heavy atom. The number of phenols is 1. The van der Waals surface area contributed by atoms with Crippen LogP contribution in [0.1, 0.15) is 0 Å². The summed E-state index contributed by atoms with van der Waals surface area (Å²) in [6, 6.07) is 7.65. The second kappa shape index (κ2) is 5.79. The van der Waals surface area contributed by atoms with Crippen molar-refractivity contribution in [2.45, 2.75) is 0 Å². The number of phosphoric acid groups is 1. The van der Waals surface area contributed by atoms with Gasteiger partial charge in [0.05, 0.1) is 0 Å². The maximum absolute atomic E-state index is 10.7. The van der Waals surface area contributed by atoms with Crippen LogP contribution >= 0.6 is 7.82 Å². The van der Waals surface area contributed by atoms with Crippen molar-refractivity contribution >= 4 is 18.8 Å². The standard InChI is InChI=1S/C9H6O3.CH5O4P/c10-7-3-1-6-2-4-9(11)12-8(6)5-7;1-5-6(2,3)4/h1-5,10H;1H3,(H2,2,3,4). The Balaban J connectivity index is 0.000000232. The summed E-state index contributed by atoms with van der Waals surface area (Å²) < 4.78 is 17.9. The number of fused-ring (bicyclic) bond motifs is 1. The third-order valence-corrected chi connectivity index (χ3v) is 2.32. The lowest BCUT2D eigenvalue weighted by Crippen LogP contribution is -1.93. The highest BCUT2D eigenvalue weighted by Crippen LogP contribution is 2.33. The first kappa shape index (κ1) is 14.4. The Hall–Kier alpha value is -1.66.